The molecule has 27 heavy (non-hydrogen) atoms. The van der Waals surface area contributed by atoms with Gasteiger partial charge in [0, 0.05) is 12.3 Å². The quantitative estimate of drug-likeness (QED) is 0.767. The van der Waals surface area contributed by atoms with Crippen molar-refractivity contribution in [1.82, 2.24) is 4.98 Å². The number of hydrogen-bond donors (Lipinski definition) is 1. The zero-order valence-corrected chi connectivity index (χ0v) is 16.7. The maximum atomic E-state index is 10.2. The first-order valence-electron chi connectivity index (χ1n) is 9.79. The fourth-order valence-electron chi connectivity index (χ4n) is 3.62. The Morgan fingerprint density at radius 2 is 2.04 bits per heavy atom. The summed E-state index contributed by atoms with van der Waals surface area (Å²) in [5.74, 6) is 2.34. The molecule has 2 aliphatic carbocycles. The maximum absolute atomic E-state index is 10.2. The van der Waals surface area contributed by atoms with Crippen LogP contribution in [0.4, 0.5) is 0 Å². The SMILES string of the molecule is CC(C)(O)C(C)(C)OBc1cccc(COc2cc3c(cn2)C2C[C@@H]2C3)c1. The van der Waals surface area contributed by atoms with Gasteiger partial charge in [0.15, 0.2) is 0 Å². The molecule has 4 nitrogen and oxygen atoms in total. The lowest BCUT2D eigenvalue weighted by Gasteiger charge is -2.37. The summed E-state index contributed by atoms with van der Waals surface area (Å²) in [4.78, 5) is 4.49. The topological polar surface area (TPSA) is 51.6 Å². The Kier molecular flexibility index (Phi) is 4.56. The van der Waals surface area contributed by atoms with Crippen LogP contribution in [0.1, 0.15) is 56.7 Å². The largest absolute Gasteiger partial charge is 0.473 e. The van der Waals surface area contributed by atoms with Crippen molar-refractivity contribution in [3.63, 3.8) is 0 Å². The van der Waals surface area contributed by atoms with Crippen LogP contribution in [0.15, 0.2) is 36.5 Å². The van der Waals surface area contributed by atoms with Crippen molar-refractivity contribution in [2.45, 2.75) is 64.3 Å². The Labute approximate surface area is 162 Å². The molecule has 1 N–H and O–H groups in total. The van der Waals surface area contributed by atoms with Gasteiger partial charge in [-0.15, -0.1) is 0 Å². The van der Waals surface area contributed by atoms with E-state index in [1.165, 1.54) is 24.0 Å². The highest BCUT2D eigenvalue weighted by molar-refractivity contribution is 6.47. The third kappa shape index (κ3) is 3.90. The summed E-state index contributed by atoms with van der Waals surface area (Å²) < 4.78 is 11.9. The van der Waals surface area contributed by atoms with Crippen molar-refractivity contribution in [3.05, 3.63) is 53.2 Å². The average Bonchev–Trinajstić information content (AvgIpc) is 3.29. The predicted molar refractivity (Wildman–Crippen MR) is 108 cm³/mol. The number of ether oxygens (including phenoxy) is 1. The van der Waals surface area contributed by atoms with E-state index in [0.717, 1.165) is 22.9 Å². The molecule has 0 spiro atoms. The first-order valence-corrected chi connectivity index (χ1v) is 9.79. The lowest BCUT2D eigenvalue weighted by molar-refractivity contribution is -0.0893. The first-order chi connectivity index (χ1) is 12.7. The molecule has 0 amide bonds. The summed E-state index contributed by atoms with van der Waals surface area (Å²) in [7, 11) is 0.449. The van der Waals surface area contributed by atoms with Crippen LogP contribution in [0, 0.1) is 5.92 Å². The summed E-state index contributed by atoms with van der Waals surface area (Å²) >= 11 is 0. The number of pyridine rings is 1. The van der Waals surface area contributed by atoms with Crippen LogP contribution in [0.25, 0.3) is 0 Å². The Hall–Kier alpha value is -1.85. The highest BCUT2D eigenvalue weighted by Gasteiger charge is 2.45. The molecule has 1 fully saturated rings. The number of fused-ring (bicyclic) bond motifs is 3. The van der Waals surface area contributed by atoms with E-state index < -0.39 is 11.2 Å². The lowest BCUT2D eigenvalue weighted by Crippen LogP contribution is -2.49. The molecule has 1 aromatic heterocycles. The van der Waals surface area contributed by atoms with Crippen LogP contribution in [0.3, 0.4) is 0 Å². The molecule has 0 radical (unpaired) electrons. The number of aliphatic hydroxyl groups is 1. The molecule has 2 aliphatic rings. The van der Waals surface area contributed by atoms with E-state index in [1.54, 1.807) is 13.8 Å². The van der Waals surface area contributed by atoms with Gasteiger partial charge in [0.05, 0.1) is 11.2 Å². The smallest absolute Gasteiger partial charge is 0.309 e. The molecular formula is C22H28BNO3. The number of aromatic nitrogens is 1. The highest BCUT2D eigenvalue weighted by atomic mass is 16.5. The zero-order valence-electron chi connectivity index (χ0n) is 16.7. The Morgan fingerprint density at radius 3 is 2.81 bits per heavy atom. The number of benzene rings is 1. The summed E-state index contributed by atoms with van der Waals surface area (Å²) in [6.07, 6.45) is 4.53. The number of nitrogens with zero attached hydrogens (tertiary/aromatic N) is 1. The van der Waals surface area contributed by atoms with E-state index in [1.807, 2.05) is 38.2 Å². The Bertz CT molecular complexity index is 844. The van der Waals surface area contributed by atoms with Gasteiger partial charge in [0.25, 0.3) is 0 Å². The minimum Gasteiger partial charge on any atom is -0.473 e. The van der Waals surface area contributed by atoms with Crippen molar-refractivity contribution < 1.29 is 14.5 Å². The lowest BCUT2D eigenvalue weighted by atomic mass is 9.82. The van der Waals surface area contributed by atoms with Gasteiger partial charge in [0.1, 0.15) is 6.61 Å². The molecule has 0 saturated heterocycles. The standard InChI is InChI=1S/C22H28BNO3/c1-21(2,25)22(3,4)27-23-17-7-5-6-14(8-17)13-26-20-11-16-9-15-10-18(15)19(16)12-24-20/h5-8,11-12,15,18,23,25H,9-10,13H2,1-4H3/t15-,18?/m0/s1. The summed E-state index contributed by atoms with van der Waals surface area (Å²) in [5.41, 5.74) is 3.46. The fourth-order valence-corrected chi connectivity index (χ4v) is 3.62. The van der Waals surface area contributed by atoms with Crippen LogP contribution in [0.5, 0.6) is 5.88 Å². The van der Waals surface area contributed by atoms with Crippen molar-refractivity contribution >= 4 is 12.9 Å². The third-order valence-electron chi connectivity index (χ3n) is 6.25. The average molecular weight is 365 g/mol. The molecule has 1 heterocycles. The molecule has 0 bridgehead atoms. The van der Waals surface area contributed by atoms with E-state index in [9.17, 15) is 5.11 Å². The zero-order chi connectivity index (χ0) is 19.2. The second-order valence-corrected chi connectivity index (χ2v) is 8.99. The van der Waals surface area contributed by atoms with Crippen molar-refractivity contribution in [2.24, 2.45) is 5.92 Å². The minimum atomic E-state index is -0.909. The van der Waals surface area contributed by atoms with E-state index in [2.05, 4.69) is 17.1 Å². The molecule has 1 saturated carbocycles. The fraction of sp³-hybridized carbons (Fsp3) is 0.500. The van der Waals surface area contributed by atoms with Gasteiger partial charge < -0.3 is 14.5 Å². The van der Waals surface area contributed by atoms with Crippen molar-refractivity contribution in [1.29, 1.82) is 0 Å². The predicted octanol–water partition coefficient (Wildman–Crippen LogP) is 2.86. The van der Waals surface area contributed by atoms with Crippen LogP contribution < -0.4 is 10.2 Å². The second kappa shape index (κ2) is 6.64. The normalized spacial score (nSPS) is 20.8. The summed E-state index contributed by atoms with van der Waals surface area (Å²) in [6, 6.07) is 10.3. The van der Waals surface area contributed by atoms with E-state index >= 15 is 0 Å². The van der Waals surface area contributed by atoms with Crippen LogP contribution in [-0.4, -0.2) is 28.8 Å². The monoisotopic (exact) mass is 365 g/mol. The molecule has 2 aromatic rings. The summed E-state index contributed by atoms with van der Waals surface area (Å²) in [6.45, 7) is 7.84. The molecule has 0 aliphatic heterocycles. The minimum absolute atomic E-state index is 0.449. The second-order valence-electron chi connectivity index (χ2n) is 8.99. The van der Waals surface area contributed by atoms with Crippen LogP contribution in [0.2, 0.25) is 0 Å². The van der Waals surface area contributed by atoms with Gasteiger partial charge >= 0.3 is 7.48 Å². The molecule has 142 valence electrons. The first kappa shape index (κ1) is 18.5. The van der Waals surface area contributed by atoms with Crippen LogP contribution >= 0.6 is 0 Å². The van der Waals surface area contributed by atoms with E-state index in [0.29, 0.717) is 20.0 Å². The van der Waals surface area contributed by atoms with Crippen LogP contribution in [-0.2, 0) is 17.7 Å². The highest BCUT2D eigenvalue weighted by Crippen LogP contribution is 2.56. The van der Waals surface area contributed by atoms with Gasteiger partial charge in [-0.2, -0.15) is 0 Å². The van der Waals surface area contributed by atoms with Gasteiger partial charge in [-0.25, -0.2) is 4.98 Å². The number of rotatable bonds is 7. The summed E-state index contributed by atoms with van der Waals surface area (Å²) in [5, 5.41) is 10.2. The van der Waals surface area contributed by atoms with Gasteiger partial charge in [0.2, 0.25) is 5.88 Å². The van der Waals surface area contributed by atoms with E-state index in [4.69, 9.17) is 9.39 Å². The molecule has 2 atom stereocenters. The maximum Gasteiger partial charge on any atom is 0.309 e. The number of hydrogen-bond acceptors (Lipinski definition) is 4. The van der Waals surface area contributed by atoms with Crippen molar-refractivity contribution in [2.75, 3.05) is 0 Å². The third-order valence-corrected chi connectivity index (χ3v) is 6.25. The van der Waals surface area contributed by atoms with Gasteiger partial charge in [-0.05, 0) is 69.1 Å². The van der Waals surface area contributed by atoms with Crippen molar-refractivity contribution in [3.8, 4) is 5.88 Å². The molecule has 1 aromatic carbocycles. The molecule has 4 rings (SSSR count). The van der Waals surface area contributed by atoms with Gasteiger partial charge in [-0.3, -0.25) is 0 Å². The Morgan fingerprint density at radius 1 is 1.22 bits per heavy atom. The molecule has 5 heteroatoms. The van der Waals surface area contributed by atoms with Gasteiger partial charge in [-0.1, -0.05) is 29.7 Å². The Balaban J connectivity index is 1.36. The molecule has 1 unspecified atom stereocenters. The van der Waals surface area contributed by atoms with E-state index in [-0.39, 0.29) is 0 Å². The molecular weight excluding hydrogens is 337 g/mol.